The van der Waals surface area contributed by atoms with Crippen LogP contribution in [-0.2, 0) is 17.8 Å². The number of hydrogen-bond donors (Lipinski definition) is 1. The molecule has 0 aliphatic carbocycles. The minimum absolute atomic E-state index is 0.0465. The summed E-state index contributed by atoms with van der Waals surface area (Å²) in [5.41, 5.74) is 0.815. The second-order valence-electron chi connectivity index (χ2n) is 6.49. The Morgan fingerprint density at radius 3 is 3.00 bits per heavy atom. The molecule has 0 spiro atoms. The van der Waals surface area contributed by atoms with Crippen LogP contribution in [-0.4, -0.2) is 45.3 Å². The fourth-order valence-corrected chi connectivity index (χ4v) is 3.03. The summed E-state index contributed by atoms with van der Waals surface area (Å²) in [5, 5.41) is 6.71. The first-order valence-electron chi connectivity index (χ1n) is 9.18. The SMILES string of the molecule is O=C(NCc1noc(-c2ccco2)n1)N(Cc1ccccn1)C[C@@H]1CCCO1. The average Bonchev–Trinajstić information content (AvgIpc) is 3.48. The Kier molecular flexibility index (Phi) is 5.62. The van der Waals surface area contributed by atoms with Crippen molar-refractivity contribution in [2.45, 2.75) is 32.0 Å². The number of urea groups is 1. The molecule has 0 aromatic carbocycles. The molecular weight excluding hydrogens is 362 g/mol. The van der Waals surface area contributed by atoms with Gasteiger partial charge in [0, 0.05) is 19.3 Å². The molecule has 1 N–H and O–H groups in total. The number of pyridine rings is 1. The van der Waals surface area contributed by atoms with E-state index < -0.39 is 0 Å². The normalized spacial score (nSPS) is 16.2. The van der Waals surface area contributed by atoms with Crippen LogP contribution in [0.3, 0.4) is 0 Å². The van der Waals surface area contributed by atoms with Gasteiger partial charge in [0.05, 0.1) is 31.2 Å². The van der Waals surface area contributed by atoms with E-state index in [1.165, 1.54) is 6.26 Å². The van der Waals surface area contributed by atoms with Crippen molar-refractivity contribution in [2.75, 3.05) is 13.2 Å². The maximum absolute atomic E-state index is 12.8. The van der Waals surface area contributed by atoms with Crippen molar-refractivity contribution in [3.63, 3.8) is 0 Å². The first-order chi connectivity index (χ1) is 13.8. The molecule has 1 aliphatic rings. The van der Waals surface area contributed by atoms with Crippen molar-refractivity contribution < 1.29 is 18.5 Å². The van der Waals surface area contributed by atoms with Gasteiger partial charge in [0.15, 0.2) is 11.6 Å². The van der Waals surface area contributed by atoms with Crippen molar-refractivity contribution in [1.82, 2.24) is 25.3 Å². The molecule has 1 saturated heterocycles. The lowest BCUT2D eigenvalue weighted by Crippen LogP contribution is -2.43. The summed E-state index contributed by atoms with van der Waals surface area (Å²) in [5.74, 6) is 1.13. The van der Waals surface area contributed by atoms with E-state index in [4.69, 9.17) is 13.7 Å². The molecule has 146 valence electrons. The summed E-state index contributed by atoms with van der Waals surface area (Å²) >= 11 is 0. The number of carbonyl (C=O) groups is 1. The van der Waals surface area contributed by atoms with Gasteiger partial charge in [-0.2, -0.15) is 4.98 Å². The molecular formula is C19H21N5O4. The molecule has 28 heavy (non-hydrogen) atoms. The summed E-state index contributed by atoms with van der Waals surface area (Å²) in [4.78, 5) is 23.0. The van der Waals surface area contributed by atoms with E-state index in [0.29, 0.717) is 24.7 Å². The molecule has 3 aromatic heterocycles. The summed E-state index contributed by atoms with van der Waals surface area (Å²) < 4.78 is 16.1. The molecule has 0 saturated carbocycles. The number of amides is 2. The summed E-state index contributed by atoms with van der Waals surface area (Å²) in [6, 6.07) is 8.88. The maximum Gasteiger partial charge on any atom is 0.318 e. The molecule has 9 heteroatoms. The van der Waals surface area contributed by atoms with Gasteiger partial charge in [-0.3, -0.25) is 4.98 Å². The number of hydrogen-bond acceptors (Lipinski definition) is 7. The van der Waals surface area contributed by atoms with Crippen molar-refractivity contribution >= 4 is 6.03 Å². The number of nitrogens with one attached hydrogen (secondary N) is 1. The lowest BCUT2D eigenvalue weighted by atomic mass is 10.2. The summed E-state index contributed by atoms with van der Waals surface area (Å²) in [6.45, 7) is 1.79. The fourth-order valence-electron chi connectivity index (χ4n) is 3.03. The van der Waals surface area contributed by atoms with Crippen molar-refractivity contribution in [2.24, 2.45) is 0 Å². The highest BCUT2D eigenvalue weighted by molar-refractivity contribution is 5.74. The van der Waals surface area contributed by atoms with E-state index in [0.717, 1.165) is 25.1 Å². The largest absolute Gasteiger partial charge is 0.459 e. The number of aromatic nitrogens is 3. The van der Waals surface area contributed by atoms with Gasteiger partial charge in [-0.1, -0.05) is 11.2 Å². The van der Waals surface area contributed by atoms with Gasteiger partial charge in [-0.25, -0.2) is 4.79 Å². The Hall–Kier alpha value is -3.20. The molecule has 0 bridgehead atoms. The Balaban J connectivity index is 1.38. The Morgan fingerprint density at radius 1 is 1.29 bits per heavy atom. The van der Waals surface area contributed by atoms with Crippen LogP contribution in [0.25, 0.3) is 11.7 Å². The maximum atomic E-state index is 12.8. The molecule has 4 heterocycles. The van der Waals surface area contributed by atoms with Crippen LogP contribution in [0.5, 0.6) is 0 Å². The Morgan fingerprint density at radius 2 is 2.25 bits per heavy atom. The standard InChI is InChI=1S/C19H21N5O4/c25-19(21-11-17-22-18(28-23-17)16-7-4-10-27-16)24(13-15-6-3-9-26-15)12-14-5-1-2-8-20-14/h1-2,4-5,7-8,10,15H,3,6,9,11-13H2,(H,21,25)/t15-/m0/s1. The van der Waals surface area contributed by atoms with Crippen LogP contribution in [0.15, 0.2) is 51.7 Å². The quantitative estimate of drug-likeness (QED) is 0.668. The second kappa shape index (κ2) is 8.66. The minimum atomic E-state index is -0.231. The summed E-state index contributed by atoms with van der Waals surface area (Å²) in [6.07, 6.45) is 5.25. The zero-order valence-electron chi connectivity index (χ0n) is 15.3. The zero-order valence-corrected chi connectivity index (χ0v) is 15.3. The predicted molar refractivity (Wildman–Crippen MR) is 97.9 cm³/mol. The van der Waals surface area contributed by atoms with Crippen LogP contribution < -0.4 is 5.32 Å². The number of nitrogens with zero attached hydrogens (tertiary/aromatic N) is 4. The molecule has 1 aliphatic heterocycles. The molecule has 3 aromatic rings. The average molecular weight is 383 g/mol. The van der Waals surface area contributed by atoms with Gasteiger partial charge in [-0.15, -0.1) is 0 Å². The summed E-state index contributed by atoms with van der Waals surface area (Å²) in [7, 11) is 0. The van der Waals surface area contributed by atoms with E-state index in [-0.39, 0.29) is 24.6 Å². The lowest BCUT2D eigenvalue weighted by molar-refractivity contribution is 0.0790. The van der Waals surface area contributed by atoms with Crippen LogP contribution in [0.1, 0.15) is 24.4 Å². The van der Waals surface area contributed by atoms with E-state index in [1.807, 2.05) is 18.2 Å². The highest BCUT2D eigenvalue weighted by Gasteiger charge is 2.23. The van der Waals surface area contributed by atoms with Crippen LogP contribution >= 0.6 is 0 Å². The molecule has 0 radical (unpaired) electrons. The monoisotopic (exact) mass is 383 g/mol. The topological polar surface area (TPSA) is 107 Å². The van der Waals surface area contributed by atoms with E-state index in [1.54, 1.807) is 23.2 Å². The van der Waals surface area contributed by atoms with Crippen LogP contribution in [0, 0.1) is 0 Å². The van der Waals surface area contributed by atoms with E-state index >= 15 is 0 Å². The molecule has 1 atom stereocenters. The number of furan rings is 1. The third-order valence-electron chi connectivity index (χ3n) is 4.41. The van der Waals surface area contributed by atoms with Gasteiger partial charge in [-0.05, 0) is 37.1 Å². The molecule has 4 rings (SSSR count). The van der Waals surface area contributed by atoms with Crippen molar-refractivity contribution in [1.29, 1.82) is 0 Å². The minimum Gasteiger partial charge on any atom is -0.459 e. The predicted octanol–water partition coefficient (Wildman–Crippen LogP) is 2.62. The Labute approximate surface area is 161 Å². The van der Waals surface area contributed by atoms with Crippen LogP contribution in [0.4, 0.5) is 4.79 Å². The molecule has 2 amide bonds. The third kappa shape index (κ3) is 4.55. The highest BCUT2D eigenvalue weighted by Crippen LogP contribution is 2.17. The molecule has 1 fully saturated rings. The van der Waals surface area contributed by atoms with Gasteiger partial charge in [0.2, 0.25) is 0 Å². The molecule has 0 unspecified atom stereocenters. The number of rotatable bonds is 7. The number of carbonyl (C=O) groups excluding carboxylic acids is 1. The van der Waals surface area contributed by atoms with Gasteiger partial charge < -0.3 is 23.9 Å². The fraction of sp³-hybridized carbons (Fsp3) is 0.368. The van der Waals surface area contributed by atoms with Crippen molar-refractivity contribution in [3.8, 4) is 11.7 Å². The smallest absolute Gasteiger partial charge is 0.318 e. The van der Waals surface area contributed by atoms with E-state index in [2.05, 4.69) is 20.4 Å². The van der Waals surface area contributed by atoms with Crippen molar-refractivity contribution in [3.05, 3.63) is 54.3 Å². The second-order valence-corrected chi connectivity index (χ2v) is 6.49. The Bertz CT molecular complexity index is 875. The van der Waals surface area contributed by atoms with E-state index in [9.17, 15) is 4.79 Å². The first kappa shape index (κ1) is 18.2. The third-order valence-corrected chi connectivity index (χ3v) is 4.41. The number of ether oxygens (including phenoxy) is 1. The van der Waals surface area contributed by atoms with Gasteiger partial charge >= 0.3 is 6.03 Å². The molecule has 9 nitrogen and oxygen atoms in total. The zero-order chi connectivity index (χ0) is 19.2. The lowest BCUT2D eigenvalue weighted by Gasteiger charge is -2.25. The van der Waals surface area contributed by atoms with Gasteiger partial charge in [0.25, 0.3) is 5.89 Å². The highest BCUT2D eigenvalue weighted by atomic mass is 16.5. The first-order valence-corrected chi connectivity index (χ1v) is 9.18. The van der Waals surface area contributed by atoms with Gasteiger partial charge in [0.1, 0.15) is 0 Å². The van der Waals surface area contributed by atoms with Crippen LogP contribution in [0.2, 0.25) is 0 Å².